The van der Waals surface area contributed by atoms with Crippen molar-refractivity contribution in [1.29, 1.82) is 0 Å². The van der Waals surface area contributed by atoms with Crippen molar-refractivity contribution in [3.05, 3.63) is 46.0 Å². The molecule has 0 aliphatic heterocycles. The molecule has 0 spiro atoms. The highest BCUT2D eigenvalue weighted by molar-refractivity contribution is 7.17. The Kier molecular flexibility index (Phi) is 5.27. The van der Waals surface area contributed by atoms with Crippen molar-refractivity contribution in [2.45, 2.75) is 33.1 Å². The van der Waals surface area contributed by atoms with E-state index in [-0.39, 0.29) is 10.8 Å². The van der Waals surface area contributed by atoms with E-state index in [9.17, 15) is 14.7 Å². The van der Waals surface area contributed by atoms with E-state index in [1.54, 1.807) is 12.1 Å². The number of carbonyl (C=O) groups excluding carboxylic acids is 1. The molecule has 0 saturated carbocycles. The van der Waals surface area contributed by atoms with Crippen LogP contribution in [0, 0.1) is 6.92 Å². The molecule has 0 saturated heterocycles. The van der Waals surface area contributed by atoms with Gasteiger partial charge in [-0.2, -0.15) is 0 Å². The van der Waals surface area contributed by atoms with Crippen LogP contribution in [0.4, 0.5) is 5.13 Å². The van der Waals surface area contributed by atoms with Crippen LogP contribution in [0.1, 0.15) is 51.1 Å². The van der Waals surface area contributed by atoms with Gasteiger partial charge in [0, 0.05) is 5.56 Å². The minimum atomic E-state index is -1.00. The van der Waals surface area contributed by atoms with Gasteiger partial charge in [-0.1, -0.05) is 42.4 Å². The average molecular weight is 318 g/mol. The van der Waals surface area contributed by atoms with Crippen LogP contribution in [0.15, 0.2) is 24.3 Å². The largest absolute Gasteiger partial charge is 0.477 e. The summed E-state index contributed by atoms with van der Waals surface area (Å²) in [6, 6.07) is 7.17. The number of thiazole rings is 1. The Hall–Kier alpha value is -2.21. The fourth-order valence-electron chi connectivity index (χ4n) is 1.96. The normalized spacial score (nSPS) is 10.5. The maximum Gasteiger partial charge on any atom is 0.347 e. The number of anilines is 1. The van der Waals surface area contributed by atoms with E-state index in [1.807, 2.05) is 26.0 Å². The molecule has 22 heavy (non-hydrogen) atoms. The van der Waals surface area contributed by atoms with E-state index in [0.29, 0.717) is 22.8 Å². The van der Waals surface area contributed by atoms with Gasteiger partial charge >= 0.3 is 5.97 Å². The molecule has 2 rings (SSSR count). The number of unbranched alkanes of at least 4 members (excludes halogenated alkanes) is 1. The predicted octanol–water partition coefficient (Wildman–Crippen LogP) is 3.74. The summed E-state index contributed by atoms with van der Waals surface area (Å²) < 4.78 is 0. The van der Waals surface area contributed by atoms with Gasteiger partial charge in [-0.15, -0.1) is 0 Å². The van der Waals surface area contributed by atoms with Crippen LogP contribution in [-0.4, -0.2) is 22.0 Å². The maximum absolute atomic E-state index is 12.1. The molecule has 2 aromatic rings. The predicted molar refractivity (Wildman–Crippen MR) is 86.8 cm³/mol. The molecule has 0 unspecified atom stereocenters. The lowest BCUT2D eigenvalue weighted by atomic mass is 10.1. The van der Waals surface area contributed by atoms with Crippen molar-refractivity contribution < 1.29 is 14.7 Å². The molecule has 0 atom stereocenters. The molecular weight excluding hydrogens is 300 g/mol. The van der Waals surface area contributed by atoms with Crippen LogP contribution in [0.25, 0.3) is 0 Å². The fourth-order valence-corrected chi connectivity index (χ4v) is 2.81. The van der Waals surface area contributed by atoms with Crippen LogP contribution >= 0.6 is 11.3 Å². The van der Waals surface area contributed by atoms with Gasteiger partial charge in [0.15, 0.2) is 5.13 Å². The number of rotatable bonds is 6. The summed E-state index contributed by atoms with van der Waals surface area (Å²) >= 11 is 1.00. The van der Waals surface area contributed by atoms with Crippen LogP contribution in [0.5, 0.6) is 0 Å². The minimum Gasteiger partial charge on any atom is -0.477 e. The number of aromatic nitrogens is 1. The third kappa shape index (κ3) is 3.92. The molecule has 5 nitrogen and oxygen atoms in total. The Morgan fingerprint density at radius 2 is 1.95 bits per heavy atom. The number of nitrogens with zero attached hydrogens (tertiary/aromatic N) is 1. The second kappa shape index (κ2) is 7.17. The van der Waals surface area contributed by atoms with E-state index < -0.39 is 5.97 Å². The van der Waals surface area contributed by atoms with Gasteiger partial charge in [0.2, 0.25) is 0 Å². The Bertz CT molecular complexity index is 677. The van der Waals surface area contributed by atoms with Crippen LogP contribution in [0.3, 0.4) is 0 Å². The lowest BCUT2D eigenvalue weighted by Gasteiger charge is -2.01. The number of carboxylic acid groups (broad SMARTS) is 1. The van der Waals surface area contributed by atoms with E-state index in [1.165, 1.54) is 0 Å². The van der Waals surface area contributed by atoms with Gasteiger partial charge in [-0.25, -0.2) is 9.78 Å². The van der Waals surface area contributed by atoms with Crippen molar-refractivity contribution in [3.8, 4) is 0 Å². The summed E-state index contributed by atoms with van der Waals surface area (Å²) in [6.45, 7) is 3.98. The lowest BCUT2D eigenvalue weighted by molar-refractivity contribution is 0.0700. The van der Waals surface area contributed by atoms with E-state index in [2.05, 4.69) is 10.3 Å². The minimum absolute atomic E-state index is 0.202. The fraction of sp³-hybridized carbons (Fsp3) is 0.312. The highest BCUT2D eigenvalue weighted by Gasteiger charge is 2.18. The monoisotopic (exact) mass is 318 g/mol. The van der Waals surface area contributed by atoms with Gasteiger partial charge in [0.05, 0.1) is 5.69 Å². The maximum atomic E-state index is 12.1. The summed E-state index contributed by atoms with van der Waals surface area (Å²) in [5, 5.41) is 12.2. The van der Waals surface area contributed by atoms with Crippen molar-refractivity contribution in [1.82, 2.24) is 4.98 Å². The molecule has 1 aromatic carbocycles. The zero-order valence-corrected chi connectivity index (χ0v) is 13.4. The first kappa shape index (κ1) is 16.2. The highest BCUT2D eigenvalue weighted by atomic mass is 32.1. The summed E-state index contributed by atoms with van der Waals surface area (Å²) in [5.41, 5.74) is 2.13. The number of carboxylic acids is 1. The Labute approximate surface area is 133 Å². The van der Waals surface area contributed by atoms with Crippen LogP contribution in [0.2, 0.25) is 0 Å². The van der Waals surface area contributed by atoms with Crippen LogP contribution < -0.4 is 5.32 Å². The van der Waals surface area contributed by atoms with Gasteiger partial charge in [-0.3, -0.25) is 10.1 Å². The van der Waals surface area contributed by atoms with Crippen molar-refractivity contribution in [2.24, 2.45) is 0 Å². The number of amides is 1. The Balaban J connectivity index is 2.16. The molecule has 1 amide bonds. The summed E-state index contributed by atoms with van der Waals surface area (Å²) in [5.74, 6) is -1.29. The first-order chi connectivity index (χ1) is 10.5. The third-order valence-corrected chi connectivity index (χ3v) is 4.19. The van der Waals surface area contributed by atoms with E-state index in [4.69, 9.17) is 0 Å². The van der Waals surface area contributed by atoms with Crippen LogP contribution in [-0.2, 0) is 6.42 Å². The number of hydrogen-bond acceptors (Lipinski definition) is 4. The second-order valence-corrected chi connectivity index (χ2v) is 6.02. The van der Waals surface area contributed by atoms with Gasteiger partial charge in [0.25, 0.3) is 5.91 Å². The number of aromatic carboxylic acids is 1. The van der Waals surface area contributed by atoms with E-state index in [0.717, 1.165) is 29.7 Å². The summed E-state index contributed by atoms with van der Waals surface area (Å²) in [6.07, 6.45) is 2.44. The molecule has 0 fully saturated rings. The molecule has 6 heteroatoms. The SMILES string of the molecule is CCCCc1nc(NC(=O)c2ccc(C)cc2)sc1C(=O)O. The second-order valence-electron chi connectivity index (χ2n) is 5.02. The average Bonchev–Trinajstić information content (AvgIpc) is 2.88. The molecule has 0 radical (unpaired) electrons. The molecule has 0 aliphatic carbocycles. The zero-order chi connectivity index (χ0) is 16.1. The van der Waals surface area contributed by atoms with Gasteiger partial charge < -0.3 is 5.11 Å². The van der Waals surface area contributed by atoms with Crippen molar-refractivity contribution >= 4 is 28.3 Å². The topological polar surface area (TPSA) is 79.3 Å². The Morgan fingerprint density at radius 1 is 1.27 bits per heavy atom. The first-order valence-corrected chi connectivity index (χ1v) is 7.94. The molecule has 0 aliphatic rings. The smallest absolute Gasteiger partial charge is 0.347 e. The zero-order valence-electron chi connectivity index (χ0n) is 12.5. The number of aryl methyl sites for hydroxylation is 2. The molecule has 2 N–H and O–H groups in total. The lowest BCUT2D eigenvalue weighted by Crippen LogP contribution is -2.11. The number of nitrogens with one attached hydrogen (secondary N) is 1. The first-order valence-electron chi connectivity index (χ1n) is 7.12. The van der Waals surface area contributed by atoms with E-state index >= 15 is 0 Å². The molecular formula is C16H18N2O3S. The molecule has 1 aromatic heterocycles. The highest BCUT2D eigenvalue weighted by Crippen LogP contribution is 2.25. The number of benzene rings is 1. The number of carbonyl (C=O) groups is 2. The van der Waals surface area contributed by atoms with Gasteiger partial charge in [0.1, 0.15) is 4.88 Å². The van der Waals surface area contributed by atoms with Gasteiger partial charge in [-0.05, 0) is 31.9 Å². The molecule has 0 bridgehead atoms. The quantitative estimate of drug-likeness (QED) is 0.850. The summed E-state index contributed by atoms with van der Waals surface area (Å²) in [7, 11) is 0. The Morgan fingerprint density at radius 3 is 2.55 bits per heavy atom. The molecule has 1 heterocycles. The third-order valence-electron chi connectivity index (χ3n) is 3.19. The van der Waals surface area contributed by atoms with Crippen molar-refractivity contribution in [2.75, 3.05) is 5.32 Å². The number of hydrogen-bond donors (Lipinski definition) is 2. The van der Waals surface area contributed by atoms with Crippen molar-refractivity contribution in [3.63, 3.8) is 0 Å². The molecule has 116 valence electrons. The standard InChI is InChI=1S/C16H18N2O3S/c1-3-4-5-12-13(15(20)21)22-16(17-12)18-14(19)11-8-6-10(2)7-9-11/h6-9H,3-5H2,1-2H3,(H,20,21)(H,17,18,19). The summed E-state index contributed by atoms with van der Waals surface area (Å²) in [4.78, 5) is 27.8.